The molecule has 0 aliphatic heterocycles. The number of halogens is 1. The Kier molecular flexibility index (Phi) is 5.33. The average Bonchev–Trinajstić information content (AvgIpc) is 3.25. The number of carbonyl (C=O) groups is 1. The predicted molar refractivity (Wildman–Crippen MR) is 136 cm³/mol. The zero-order valence-corrected chi connectivity index (χ0v) is 19.6. The van der Waals surface area contributed by atoms with Crippen LogP contribution in [0.15, 0.2) is 84.0 Å². The van der Waals surface area contributed by atoms with Gasteiger partial charge < -0.3 is 4.74 Å². The van der Waals surface area contributed by atoms with E-state index in [1.807, 2.05) is 31.2 Å². The van der Waals surface area contributed by atoms with Gasteiger partial charge in [0.2, 0.25) is 0 Å². The first-order valence-corrected chi connectivity index (χ1v) is 11.4. The zero-order chi connectivity index (χ0) is 25.5. The van der Waals surface area contributed by atoms with Gasteiger partial charge in [-0.1, -0.05) is 30.3 Å². The molecule has 37 heavy (non-hydrogen) atoms. The Labute approximate surface area is 208 Å². The van der Waals surface area contributed by atoms with Crippen molar-refractivity contribution in [3.8, 4) is 16.9 Å². The average molecular weight is 494 g/mol. The van der Waals surface area contributed by atoms with Crippen LogP contribution in [0.4, 0.5) is 4.39 Å². The van der Waals surface area contributed by atoms with Crippen LogP contribution in [0.1, 0.15) is 5.69 Å². The van der Waals surface area contributed by atoms with Gasteiger partial charge in [0, 0.05) is 29.5 Å². The van der Waals surface area contributed by atoms with Gasteiger partial charge in [0.15, 0.2) is 12.3 Å². The number of benzene rings is 2. The number of fused-ring (bicyclic) bond motifs is 4. The van der Waals surface area contributed by atoms with Gasteiger partial charge in [-0.05, 0) is 42.8 Å². The molecule has 0 spiro atoms. The number of carbonyl (C=O) groups excluding carboxylic acids is 1. The fourth-order valence-electron chi connectivity index (χ4n) is 4.32. The second-order valence-corrected chi connectivity index (χ2v) is 8.41. The van der Waals surface area contributed by atoms with E-state index in [-0.39, 0.29) is 17.8 Å². The Hall–Kier alpha value is -5.12. The van der Waals surface area contributed by atoms with Gasteiger partial charge in [0.1, 0.15) is 17.1 Å². The highest BCUT2D eigenvalue weighted by Gasteiger charge is 2.17. The van der Waals surface area contributed by atoms with E-state index in [0.717, 1.165) is 21.2 Å². The number of rotatable bonds is 5. The topological polar surface area (TPSA) is 103 Å². The molecule has 4 heterocycles. The molecule has 0 saturated carbocycles. The van der Waals surface area contributed by atoms with Crippen LogP contribution < -0.4 is 15.7 Å². The lowest BCUT2D eigenvalue weighted by Gasteiger charge is -2.11. The molecule has 0 aliphatic rings. The molecule has 1 amide bonds. The molecule has 0 saturated heterocycles. The van der Waals surface area contributed by atoms with Crippen LogP contribution in [0, 0.1) is 12.7 Å². The smallest absolute Gasteiger partial charge is 0.280 e. The minimum atomic E-state index is -0.517. The molecule has 0 atom stereocenters. The molecule has 4 aromatic heterocycles. The number of nitrogens with one attached hydrogen (secondary N) is 1. The number of amides is 1. The maximum atomic E-state index is 13.4. The Bertz CT molecular complexity index is 1870. The van der Waals surface area contributed by atoms with Crippen molar-refractivity contribution < 1.29 is 13.9 Å². The highest BCUT2D eigenvalue weighted by Crippen LogP contribution is 2.28. The number of aromatic nitrogens is 5. The molecule has 1 N–H and O–H groups in total. The van der Waals surface area contributed by atoms with E-state index >= 15 is 0 Å². The molecule has 0 bridgehead atoms. The summed E-state index contributed by atoms with van der Waals surface area (Å²) >= 11 is 0. The monoisotopic (exact) mass is 494 g/mol. The first-order valence-electron chi connectivity index (χ1n) is 11.4. The summed E-state index contributed by atoms with van der Waals surface area (Å²) < 4.78 is 21.7. The van der Waals surface area contributed by atoms with Crippen molar-refractivity contribution in [2.45, 2.75) is 6.92 Å². The van der Waals surface area contributed by atoms with Crippen LogP contribution in [-0.2, 0) is 4.79 Å². The summed E-state index contributed by atoms with van der Waals surface area (Å²) in [6.45, 7) is 1.52. The Morgan fingerprint density at radius 2 is 1.86 bits per heavy atom. The van der Waals surface area contributed by atoms with Gasteiger partial charge in [0.05, 0.1) is 16.6 Å². The lowest BCUT2D eigenvalue weighted by molar-refractivity contribution is -0.119. The van der Waals surface area contributed by atoms with E-state index < -0.39 is 11.5 Å². The largest absolute Gasteiger partial charge is 0.481 e. The van der Waals surface area contributed by atoms with Crippen molar-refractivity contribution in [3.63, 3.8) is 0 Å². The molecule has 6 rings (SSSR count). The van der Waals surface area contributed by atoms with E-state index in [1.165, 1.54) is 24.5 Å². The van der Waals surface area contributed by atoms with Crippen molar-refractivity contribution in [1.82, 2.24) is 24.3 Å². The minimum Gasteiger partial charge on any atom is -0.481 e. The number of ether oxygens (including phenoxy) is 1. The number of pyridine rings is 2. The Morgan fingerprint density at radius 1 is 1.05 bits per heavy atom. The number of hydrogen-bond donors (Lipinski definition) is 1. The summed E-state index contributed by atoms with van der Waals surface area (Å²) in [6.07, 6.45) is 4.55. The zero-order valence-electron chi connectivity index (χ0n) is 19.6. The second-order valence-electron chi connectivity index (χ2n) is 8.41. The number of hydrogen-bond acceptors (Lipinski definition) is 6. The molecule has 0 fully saturated rings. The van der Waals surface area contributed by atoms with Crippen LogP contribution in [0.3, 0.4) is 0 Å². The molecular weight excluding hydrogens is 475 g/mol. The predicted octanol–water partition coefficient (Wildman–Crippen LogP) is 3.86. The van der Waals surface area contributed by atoms with Gasteiger partial charge in [-0.25, -0.2) is 18.6 Å². The SMILES string of the molecule is Cc1nn2c(ncc3c(=O)n(NC(=O)COc4cccc5cccnc45)ccc32)c1-c1ccc(F)cc1. The normalized spacial score (nSPS) is 11.3. The second kappa shape index (κ2) is 8.83. The highest BCUT2D eigenvalue weighted by atomic mass is 19.1. The van der Waals surface area contributed by atoms with Gasteiger partial charge in [-0.3, -0.25) is 20.0 Å². The summed E-state index contributed by atoms with van der Waals surface area (Å²) in [5.74, 6) is -0.383. The van der Waals surface area contributed by atoms with Gasteiger partial charge >= 0.3 is 0 Å². The molecule has 182 valence electrons. The molecule has 6 aromatic rings. The third kappa shape index (κ3) is 3.94. The van der Waals surface area contributed by atoms with Gasteiger partial charge in [-0.2, -0.15) is 5.10 Å². The minimum absolute atomic E-state index is 0.266. The fourth-order valence-corrected chi connectivity index (χ4v) is 4.32. The third-order valence-electron chi connectivity index (χ3n) is 6.02. The maximum Gasteiger partial charge on any atom is 0.280 e. The first kappa shape index (κ1) is 22.4. The van der Waals surface area contributed by atoms with Crippen LogP contribution in [0.2, 0.25) is 0 Å². The van der Waals surface area contributed by atoms with E-state index in [2.05, 4.69) is 20.5 Å². The lowest BCUT2D eigenvalue weighted by atomic mass is 10.1. The van der Waals surface area contributed by atoms with Gasteiger partial charge in [-0.15, -0.1) is 0 Å². The summed E-state index contributed by atoms with van der Waals surface area (Å²) in [6, 6.07) is 16.9. The van der Waals surface area contributed by atoms with Crippen LogP contribution in [0.5, 0.6) is 5.75 Å². The maximum absolute atomic E-state index is 13.4. The van der Waals surface area contributed by atoms with E-state index in [1.54, 1.807) is 35.0 Å². The molecule has 2 aromatic carbocycles. The third-order valence-corrected chi connectivity index (χ3v) is 6.02. The van der Waals surface area contributed by atoms with E-state index in [9.17, 15) is 14.0 Å². The van der Waals surface area contributed by atoms with Crippen LogP contribution >= 0.6 is 0 Å². The van der Waals surface area contributed by atoms with Crippen molar-refractivity contribution in [2.24, 2.45) is 0 Å². The quantitative estimate of drug-likeness (QED) is 0.391. The van der Waals surface area contributed by atoms with Crippen molar-refractivity contribution in [1.29, 1.82) is 0 Å². The Morgan fingerprint density at radius 3 is 2.70 bits per heavy atom. The van der Waals surface area contributed by atoms with E-state index in [0.29, 0.717) is 28.1 Å². The molecule has 0 unspecified atom stereocenters. The standard InChI is InChI=1S/C27H19FN6O3/c1-16-24(17-7-9-19(28)10-8-17)26-30-14-20-21(34(26)31-16)11-13-33(27(20)36)32-23(35)15-37-22-6-2-4-18-5-3-12-29-25(18)22/h2-14H,15H2,1H3,(H,32,35). The van der Waals surface area contributed by atoms with Crippen molar-refractivity contribution >= 4 is 33.4 Å². The number of para-hydroxylation sites is 1. The summed E-state index contributed by atoms with van der Waals surface area (Å²) in [5.41, 5.74) is 5.98. The van der Waals surface area contributed by atoms with Crippen LogP contribution in [-0.4, -0.2) is 36.8 Å². The molecule has 9 nitrogen and oxygen atoms in total. The molecule has 10 heteroatoms. The summed E-state index contributed by atoms with van der Waals surface area (Å²) in [4.78, 5) is 34.5. The van der Waals surface area contributed by atoms with Crippen LogP contribution in [0.25, 0.3) is 38.6 Å². The van der Waals surface area contributed by atoms with E-state index in [4.69, 9.17) is 4.74 Å². The molecule has 0 aliphatic carbocycles. The molecule has 0 radical (unpaired) electrons. The summed E-state index contributed by atoms with van der Waals surface area (Å²) in [5, 5.41) is 5.72. The summed E-state index contributed by atoms with van der Waals surface area (Å²) in [7, 11) is 0. The first-order chi connectivity index (χ1) is 18.0. The van der Waals surface area contributed by atoms with Gasteiger partial charge in [0.25, 0.3) is 11.5 Å². The fraction of sp³-hybridized carbons (Fsp3) is 0.0741. The molecular formula is C27H19FN6O3. The van der Waals surface area contributed by atoms with Crippen molar-refractivity contribution in [2.75, 3.05) is 12.0 Å². The number of nitrogens with zero attached hydrogens (tertiary/aromatic N) is 5. The number of aryl methyl sites for hydroxylation is 1. The lowest BCUT2D eigenvalue weighted by Crippen LogP contribution is -2.35. The van der Waals surface area contributed by atoms with Crippen molar-refractivity contribution in [3.05, 3.63) is 101 Å². The highest BCUT2D eigenvalue weighted by molar-refractivity contribution is 5.89. The Balaban J connectivity index is 1.28.